The maximum Gasteiger partial charge on any atom is 0.328 e. The quantitative estimate of drug-likeness (QED) is 0.200. The van der Waals surface area contributed by atoms with E-state index in [1.54, 1.807) is 30.3 Å². The van der Waals surface area contributed by atoms with Crippen molar-refractivity contribution in [2.75, 3.05) is 6.61 Å². The largest absolute Gasteiger partial charge is 0.480 e. The van der Waals surface area contributed by atoms with Gasteiger partial charge >= 0.3 is 11.9 Å². The van der Waals surface area contributed by atoms with Crippen LogP contribution in [0.3, 0.4) is 0 Å². The summed E-state index contributed by atoms with van der Waals surface area (Å²) in [5.74, 6) is -3.47. The van der Waals surface area contributed by atoms with E-state index < -0.39 is 54.6 Å². The fourth-order valence-corrected chi connectivity index (χ4v) is 4.14. The van der Waals surface area contributed by atoms with Gasteiger partial charge in [0.1, 0.15) is 24.2 Å². The monoisotopic (exact) mass is 541 g/mol. The Balaban J connectivity index is 2.13. The summed E-state index contributed by atoms with van der Waals surface area (Å²) in [5.41, 5.74) is 7.72. The van der Waals surface area contributed by atoms with Crippen molar-refractivity contribution < 1.29 is 34.1 Å². The minimum atomic E-state index is -1.52. The van der Waals surface area contributed by atoms with Gasteiger partial charge in [-0.2, -0.15) is 0 Å². The van der Waals surface area contributed by atoms with Gasteiger partial charge in [0.2, 0.25) is 11.8 Å². The molecule has 0 bridgehead atoms. The number of nitrogens with one attached hydrogen (secondary N) is 2. The number of benzene rings is 2. The molecule has 0 radical (unpaired) electrons. The molecular weight excluding hydrogens is 502 g/mol. The molecule has 212 valence electrons. The average molecular weight is 542 g/mol. The maximum absolute atomic E-state index is 13.1. The van der Waals surface area contributed by atoms with Crippen molar-refractivity contribution in [3.63, 3.8) is 0 Å². The van der Waals surface area contributed by atoms with E-state index in [1.807, 2.05) is 44.2 Å². The maximum atomic E-state index is 13.1. The van der Waals surface area contributed by atoms with Crippen LogP contribution in [-0.4, -0.2) is 64.8 Å². The van der Waals surface area contributed by atoms with Crippen LogP contribution in [0.1, 0.15) is 44.2 Å². The van der Waals surface area contributed by atoms with E-state index in [-0.39, 0.29) is 25.2 Å². The van der Waals surface area contributed by atoms with Gasteiger partial charge in [0.25, 0.3) is 0 Å². The molecule has 2 rings (SSSR count). The van der Waals surface area contributed by atoms with E-state index in [9.17, 15) is 29.4 Å². The van der Waals surface area contributed by atoms with Gasteiger partial charge < -0.3 is 31.3 Å². The summed E-state index contributed by atoms with van der Waals surface area (Å²) < 4.78 is 5.71. The standard InChI is InChI=1S/C29H39N3O7/c1-3-10-19(2)25(39-29(38)22(30)15-20-11-6-4-7-12-20)17-26(34)31-23(16-21-13-8-5-9-14-21)27(35)32-24(18-33)28(36)37/h4-9,11-14,19,22-25,33H,3,10,15-18,30H2,1-2H3,(H,31,34)(H,32,35)(H,36,37)/t19-,22+,23+,24-,25-/m0/s1. The van der Waals surface area contributed by atoms with Crippen molar-refractivity contribution >= 4 is 23.8 Å². The number of esters is 1. The minimum Gasteiger partial charge on any atom is -0.480 e. The number of aliphatic hydroxyl groups is 1. The van der Waals surface area contributed by atoms with E-state index >= 15 is 0 Å². The third-order valence-corrected chi connectivity index (χ3v) is 6.37. The van der Waals surface area contributed by atoms with Crippen LogP contribution in [0.4, 0.5) is 0 Å². The molecule has 39 heavy (non-hydrogen) atoms. The van der Waals surface area contributed by atoms with Crippen molar-refractivity contribution in [2.45, 2.75) is 70.2 Å². The normalized spacial score (nSPS) is 14.8. The summed E-state index contributed by atoms with van der Waals surface area (Å²) in [4.78, 5) is 50.2. The van der Waals surface area contributed by atoms with Gasteiger partial charge in [-0.25, -0.2) is 4.79 Å². The summed E-state index contributed by atoms with van der Waals surface area (Å²) in [7, 11) is 0. The number of nitrogens with two attached hydrogens (primary N) is 1. The van der Waals surface area contributed by atoms with Crippen molar-refractivity contribution in [2.24, 2.45) is 11.7 Å². The molecule has 0 saturated heterocycles. The second-order valence-electron chi connectivity index (χ2n) is 9.63. The Morgan fingerprint density at radius 2 is 1.46 bits per heavy atom. The number of amides is 2. The van der Waals surface area contributed by atoms with Gasteiger partial charge in [-0.1, -0.05) is 80.9 Å². The van der Waals surface area contributed by atoms with Crippen LogP contribution in [0.15, 0.2) is 60.7 Å². The van der Waals surface area contributed by atoms with Gasteiger partial charge in [0.05, 0.1) is 13.0 Å². The first-order valence-corrected chi connectivity index (χ1v) is 13.1. The Morgan fingerprint density at radius 1 is 0.897 bits per heavy atom. The van der Waals surface area contributed by atoms with Gasteiger partial charge in [-0.3, -0.25) is 14.4 Å². The van der Waals surface area contributed by atoms with E-state index in [4.69, 9.17) is 10.5 Å². The lowest BCUT2D eigenvalue weighted by Gasteiger charge is -2.26. The molecule has 10 heteroatoms. The number of carboxylic acid groups (broad SMARTS) is 1. The van der Waals surface area contributed by atoms with Crippen LogP contribution >= 0.6 is 0 Å². The first-order valence-electron chi connectivity index (χ1n) is 13.1. The fraction of sp³-hybridized carbons (Fsp3) is 0.448. The van der Waals surface area contributed by atoms with Crippen molar-refractivity contribution in [3.05, 3.63) is 71.8 Å². The van der Waals surface area contributed by atoms with Gasteiger partial charge in [-0.05, 0) is 29.9 Å². The molecule has 10 nitrogen and oxygen atoms in total. The van der Waals surface area contributed by atoms with E-state index in [1.165, 1.54) is 0 Å². The van der Waals surface area contributed by atoms with Gasteiger partial charge in [0.15, 0.2) is 0 Å². The molecule has 0 aromatic heterocycles. The topological polar surface area (TPSA) is 168 Å². The Morgan fingerprint density at radius 3 is 1.97 bits per heavy atom. The van der Waals surface area contributed by atoms with Gasteiger partial charge in [0, 0.05) is 6.42 Å². The zero-order chi connectivity index (χ0) is 28.8. The highest BCUT2D eigenvalue weighted by atomic mass is 16.5. The second-order valence-corrected chi connectivity index (χ2v) is 9.63. The predicted octanol–water partition coefficient (Wildman–Crippen LogP) is 1.58. The van der Waals surface area contributed by atoms with Gasteiger partial charge in [-0.15, -0.1) is 0 Å². The zero-order valence-corrected chi connectivity index (χ0v) is 22.4. The molecule has 2 aromatic carbocycles. The second kappa shape index (κ2) is 16.3. The SMILES string of the molecule is CCC[C@H](C)[C@H](CC(=O)N[C@H](Cc1ccccc1)C(=O)N[C@@H](CO)C(=O)O)OC(=O)[C@H](N)Cc1ccccc1. The average Bonchev–Trinajstić information content (AvgIpc) is 2.91. The van der Waals surface area contributed by atoms with Crippen LogP contribution < -0.4 is 16.4 Å². The van der Waals surface area contributed by atoms with E-state index in [0.717, 1.165) is 17.5 Å². The molecule has 6 N–H and O–H groups in total. The molecule has 0 fully saturated rings. The zero-order valence-electron chi connectivity index (χ0n) is 22.4. The van der Waals surface area contributed by atoms with Crippen molar-refractivity contribution in [3.8, 4) is 0 Å². The Kier molecular flexibility index (Phi) is 13.1. The first-order chi connectivity index (χ1) is 18.6. The number of aliphatic hydroxyl groups excluding tert-OH is 1. The summed E-state index contributed by atoms with van der Waals surface area (Å²) >= 11 is 0. The van der Waals surface area contributed by atoms with Crippen molar-refractivity contribution in [1.29, 1.82) is 0 Å². The molecule has 0 unspecified atom stereocenters. The molecule has 0 saturated carbocycles. The fourth-order valence-electron chi connectivity index (χ4n) is 4.14. The molecule has 0 aliphatic rings. The summed E-state index contributed by atoms with van der Waals surface area (Å²) in [5, 5.41) is 23.4. The molecule has 0 aliphatic carbocycles. The highest BCUT2D eigenvalue weighted by Gasteiger charge is 2.30. The predicted molar refractivity (Wildman–Crippen MR) is 145 cm³/mol. The number of rotatable bonds is 16. The molecule has 0 spiro atoms. The van der Waals surface area contributed by atoms with Crippen LogP contribution in [0.2, 0.25) is 0 Å². The number of hydrogen-bond donors (Lipinski definition) is 5. The number of hydrogen-bond acceptors (Lipinski definition) is 7. The number of ether oxygens (including phenoxy) is 1. The molecule has 0 heterocycles. The number of carbonyl (C=O) groups is 4. The summed E-state index contributed by atoms with van der Waals surface area (Å²) in [6.07, 6.45) is 0.909. The van der Waals surface area contributed by atoms with Crippen LogP contribution in [0.25, 0.3) is 0 Å². The molecular formula is C29H39N3O7. The summed E-state index contributed by atoms with van der Waals surface area (Å²) in [6, 6.07) is 14.7. The molecule has 0 aliphatic heterocycles. The lowest BCUT2D eigenvalue weighted by atomic mass is 9.96. The third kappa shape index (κ3) is 10.9. The van der Waals surface area contributed by atoms with E-state index in [2.05, 4.69) is 10.6 Å². The highest BCUT2D eigenvalue weighted by molar-refractivity contribution is 5.91. The Hall–Kier alpha value is -3.76. The Labute approximate surface area is 228 Å². The molecule has 2 amide bonds. The molecule has 5 atom stereocenters. The summed E-state index contributed by atoms with van der Waals surface area (Å²) in [6.45, 7) is 3.06. The smallest absolute Gasteiger partial charge is 0.328 e. The number of aliphatic carboxylic acids is 1. The molecule has 2 aromatic rings. The number of carbonyl (C=O) groups excluding carboxylic acids is 3. The van der Waals surface area contributed by atoms with Crippen LogP contribution in [-0.2, 0) is 36.8 Å². The minimum absolute atomic E-state index is 0.0904. The first kappa shape index (κ1) is 31.5. The van der Waals surface area contributed by atoms with E-state index in [0.29, 0.717) is 6.42 Å². The lowest BCUT2D eigenvalue weighted by molar-refractivity contribution is -0.155. The van der Waals surface area contributed by atoms with Crippen LogP contribution in [0, 0.1) is 5.92 Å². The van der Waals surface area contributed by atoms with Crippen LogP contribution in [0.5, 0.6) is 0 Å². The number of carboxylic acids is 1. The third-order valence-electron chi connectivity index (χ3n) is 6.37. The van der Waals surface area contributed by atoms with Crippen molar-refractivity contribution in [1.82, 2.24) is 10.6 Å². The highest BCUT2D eigenvalue weighted by Crippen LogP contribution is 2.19. The lowest BCUT2D eigenvalue weighted by Crippen LogP contribution is -2.54. The Bertz CT molecular complexity index is 1070.